The number of pyridine rings is 1. The average Bonchev–Trinajstić information content (AvgIpc) is 3.09. The third-order valence-electron chi connectivity index (χ3n) is 3.63. The first-order chi connectivity index (χ1) is 13.7. The molecule has 0 spiro atoms. The lowest BCUT2D eigenvalue weighted by atomic mass is 10.2. The van der Waals surface area contributed by atoms with Crippen molar-refractivity contribution in [2.24, 2.45) is 0 Å². The van der Waals surface area contributed by atoms with Crippen LogP contribution >= 0.6 is 11.3 Å². The second-order valence-electron chi connectivity index (χ2n) is 6.37. The van der Waals surface area contributed by atoms with Gasteiger partial charge in [0.05, 0.1) is 23.8 Å². The Hall–Kier alpha value is -2.94. The van der Waals surface area contributed by atoms with Crippen LogP contribution in [0.15, 0.2) is 48.0 Å². The van der Waals surface area contributed by atoms with Gasteiger partial charge in [-0.1, -0.05) is 0 Å². The van der Waals surface area contributed by atoms with Crippen LogP contribution in [0.2, 0.25) is 0 Å². The van der Waals surface area contributed by atoms with Crippen molar-refractivity contribution in [3.63, 3.8) is 0 Å². The number of ether oxygens (including phenoxy) is 2. The highest BCUT2D eigenvalue weighted by Crippen LogP contribution is 2.31. The number of nitrogens with zero attached hydrogens (tertiary/aromatic N) is 2. The topological polar surface area (TPSA) is 61.3 Å². The summed E-state index contributed by atoms with van der Waals surface area (Å²) in [4.78, 5) is 19.8. The van der Waals surface area contributed by atoms with Crippen LogP contribution in [0.3, 0.4) is 0 Å². The van der Waals surface area contributed by atoms with Gasteiger partial charge in [-0.15, -0.1) is 11.3 Å². The van der Waals surface area contributed by atoms with Crippen LogP contribution in [0.5, 0.6) is 11.6 Å². The number of hydrogen-bond donors (Lipinski definition) is 0. The minimum atomic E-state index is -4.44. The zero-order valence-electron chi connectivity index (χ0n) is 15.6. The molecule has 9 heteroatoms. The highest BCUT2D eigenvalue weighted by Gasteiger charge is 2.30. The van der Waals surface area contributed by atoms with Crippen LogP contribution in [-0.4, -0.2) is 22.0 Å². The normalized spacial score (nSPS) is 11.5. The van der Waals surface area contributed by atoms with Gasteiger partial charge < -0.3 is 9.47 Å². The highest BCUT2D eigenvalue weighted by molar-refractivity contribution is 7.13. The molecule has 3 aromatic rings. The number of alkyl halides is 3. The summed E-state index contributed by atoms with van der Waals surface area (Å²) in [6, 6.07) is 8.96. The molecule has 152 valence electrons. The van der Waals surface area contributed by atoms with Crippen molar-refractivity contribution in [1.82, 2.24) is 9.97 Å². The third-order valence-corrected chi connectivity index (χ3v) is 4.57. The molecule has 0 fully saturated rings. The number of carbonyl (C=O) groups is 1. The van der Waals surface area contributed by atoms with Gasteiger partial charge in [0.25, 0.3) is 0 Å². The summed E-state index contributed by atoms with van der Waals surface area (Å²) < 4.78 is 48.3. The largest absolute Gasteiger partial charge is 0.463 e. The van der Waals surface area contributed by atoms with Crippen LogP contribution in [0.25, 0.3) is 10.6 Å². The quantitative estimate of drug-likeness (QED) is 0.490. The third kappa shape index (κ3) is 5.77. The maximum absolute atomic E-state index is 12.6. The smallest absolute Gasteiger partial charge is 0.417 e. The van der Waals surface area contributed by atoms with Gasteiger partial charge in [-0.3, -0.25) is 4.79 Å². The summed E-state index contributed by atoms with van der Waals surface area (Å²) >= 11 is 1.40. The van der Waals surface area contributed by atoms with E-state index in [-0.39, 0.29) is 24.4 Å². The maximum Gasteiger partial charge on any atom is 0.417 e. The Balaban J connectivity index is 1.64. The van der Waals surface area contributed by atoms with Gasteiger partial charge in [0, 0.05) is 23.2 Å². The van der Waals surface area contributed by atoms with Crippen molar-refractivity contribution in [2.45, 2.75) is 32.5 Å². The van der Waals surface area contributed by atoms with Crippen molar-refractivity contribution in [3.8, 4) is 22.2 Å². The van der Waals surface area contributed by atoms with Gasteiger partial charge in [-0.2, -0.15) is 13.2 Å². The first-order valence-electron chi connectivity index (χ1n) is 8.66. The van der Waals surface area contributed by atoms with E-state index < -0.39 is 11.7 Å². The van der Waals surface area contributed by atoms with Crippen molar-refractivity contribution in [1.29, 1.82) is 0 Å². The molecule has 0 aliphatic rings. The van der Waals surface area contributed by atoms with Gasteiger partial charge in [0.1, 0.15) is 10.8 Å². The Morgan fingerprint density at radius 3 is 2.45 bits per heavy atom. The van der Waals surface area contributed by atoms with E-state index in [4.69, 9.17) is 9.47 Å². The van der Waals surface area contributed by atoms with Crippen molar-refractivity contribution >= 4 is 17.3 Å². The lowest BCUT2D eigenvalue weighted by molar-refractivity contribution is -0.146. The van der Waals surface area contributed by atoms with E-state index in [2.05, 4.69) is 9.97 Å². The number of carbonyl (C=O) groups excluding carboxylic acids is 1. The molecule has 3 rings (SSSR count). The molecule has 5 nitrogen and oxygen atoms in total. The molecule has 0 aliphatic carbocycles. The van der Waals surface area contributed by atoms with Gasteiger partial charge >= 0.3 is 12.1 Å². The fraction of sp³-hybridized carbons (Fsp3) is 0.250. The van der Waals surface area contributed by atoms with Crippen molar-refractivity contribution in [2.75, 3.05) is 0 Å². The predicted octanol–water partition coefficient (Wildman–Crippen LogP) is 5.51. The minimum Gasteiger partial charge on any atom is -0.463 e. The second-order valence-corrected chi connectivity index (χ2v) is 7.23. The number of rotatable bonds is 6. The minimum absolute atomic E-state index is 0.0611. The summed E-state index contributed by atoms with van der Waals surface area (Å²) in [5, 5.41) is 2.53. The molecule has 0 unspecified atom stereocenters. The molecular formula is C20H17F3N2O3S. The highest BCUT2D eigenvalue weighted by atomic mass is 32.1. The number of esters is 1. The monoisotopic (exact) mass is 422 g/mol. The molecule has 0 N–H and O–H groups in total. The van der Waals surface area contributed by atoms with Gasteiger partial charge in [-0.25, -0.2) is 9.97 Å². The van der Waals surface area contributed by atoms with Crippen LogP contribution in [0.4, 0.5) is 13.2 Å². The van der Waals surface area contributed by atoms with E-state index >= 15 is 0 Å². The first-order valence-corrected chi connectivity index (χ1v) is 9.54. The molecule has 0 saturated carbocycles. The summed E-state index contributed by atoms with van der Waals surface area (Å²) in [5.41, 5.74) is 0.619. The standard InChI is InChI=1S/C20H17F3N2O3S/c1-12(2)27-18(26)9-15-11-29-19(25-15)13-3-6-16(7-4-13)28-17-8-5-14(10-24-17)20(21,22)23/h3-8,10-12H,9H2,1-2H3. The molecule has 29 heavy (non-hydrogen) atoms. The van der Waals surface area contributed by atoms with Crippen LogP contribution in [-0.2, 0) is 22.1 Å². The fourth-order valence-electron chi connectivity index (χ4n) is 2.37. The van der Waals surface area contributed by atoms with E-state index in [1.807, 2.05) is 0 Å². The van der Waals surface area contributed by atoms with E-state index in [1.165, 1.54) is 17.4 Å². The molecule has 0 aliphatic heterocycles. The van der Waals surface area contributed by atoms with Crippen molar-refractivity contribution in [3.05, 3.63) is 59.2 Å². The summed E-state index contributed by atoms with van der Waals surface area (Å²) in [6.07, 6.45) is -3.78. The molecule has 1 aromatic carbocycles. The van der Waals surface area contributed by atoms with E-state index in [0.717, 1.165) is 22.8 Å². The van der Waals surface area contributed by atoms with Crippen LogP contribution < -0.4 is 4.74 Å². The zero-order chi connectivity index (χ0) is 21.0. The summed E-state index contributed by atoms with van der Waals surface area (Å²) in [7, 11) is 0. The molecule has 0 saturated heterocycles. The van der Waals surface area contributed by atoms with Gasteiger partial charge in [-0.05, 0) is 44.2 Å². The average molecular weight is 422 g/mol. The Bertz CT molecular complexity index is 968. The lowest BCUT2D eigenvalue weighted by Gasteiger charge is -2.08. The Kier molecular flexibility index (Phi) is 6.17. The lowest BCUT2D eigenvalue weighted by Crippen LogP contribution is -2.13. The van der Waals surface area contributed by atoms with Gasteiger partial charge in [0.15, 0.2) is 0 Å². The Morgan fingerprint density at radius 1 is 1.14 bits per heavy atom. The van der Waals surface area contributed by atoms with Crippen LogP contribution in [0.1, 0.15) is 25.1 Å². The predicted molar refractivity (Wildman–Crippen MR) is 102 cm³/mol. The van der Waals surface area contributed by atoms with E-state index in [0.29, 0.717) is 11.4 Å². The summed E-state index contributed by atoms with van der Waals surface area (Å²) in [6.45, 7) is 3.57. The summed E-state index contributed by atoms with van der Waals surface area (Å²) in [5.74, 6) is 0.161. The number of halogens is 3. The SMILES string of the molecule is CC(C)OC(=O)Cc1csc(-c2ccc(Oc3ccc(C(F)(F)F)cn3)cc2)n1. The maximum atomic E-state index is 12.6. The Morgan fingerprint density at radius 2 is 1.86 bits per heavy atom. The molecular weight excluding hydrogens is 405 g/mol. The number of hydrogen-bond acceptors (Lipinski definition) is 6. The van der Waals surface area contributed by atoms with Gasteiger partial charge in [0.2, 0.25) is 5.88 Å². The molecule has 0 bridgehead atoms. The molecule has 0 atom stereocenters. The van der Waals surface area contributed by atoms with Crippen molar-refractivity contribution < 1.29 is 27.4 Å². The molecule has 0 amide bonds. The van der Waals surface area contributed by atoms with Crippen LogP contribution in [0, 0.1) is 0 Å². The number of aromatic nitrogens is 2. The van der Waals surface area contributed by atoms with E-state index in [9.17, 15) is 18.0 Å². The molecule has 2 aromatic heterocycles. The van der Waals surface area contributed by atoms with E-state index in [1.54, 1.807) is 43.5 Å². The Labute approximate surface area is 169 Å². The fourth-order valence-corrected chi connectivity index (χ4v) is 3.19. The zero-order valence-corrected chi connectivity index (χ0v) is 16.4. The molecule has 0 radical (unpaired) electrons. The first kappa shape index (κ1) is 20.8. The number of benzene rings is 1. The number of thiazole rings is 1. The molecule has 2 heterocycles. The second kappa shape index (κ2) is 8.60.